The van der Waals surface area contributed by atoms with Crippen LogP contribution in [0.2, 0.25) is 0 Å². The van der Waals surface area contributed by atoms with Crippen molar-refractivity contribution in [2.24, 2.45) is 0 Å². The van der Waals surface area contributed by atoms with Gasteiger partial charge in [-0.25, -0.2) is 4.98 Å². The maximum Gasteiger partial charge on any atom is 0.227 e. The van der Waals surface area contributed by atoms with Crippen LogP contribution in [-0.4, -0.2) is 29.1 Å². The number of unbranched alkanes of at least 4 members (excludes halogenated alkanes) is 9. The fourth-order valence-corrected chi connectivity index (χ4v) is 5.31. The van der Waals surface area contributed by atoms with Gasteiger partial charge in [-0.1, -0.05) is 82.9 Å². The molecule has 2 aromatic carbocycles. The molecule has 0 radical (unpaired) electrons. The Hall–Kier alpha value is -2.82. The van der Waals surface area contributed by atoms with Gasteiger partial charge in [0.25, 0.3) is 0 Å². The molecular formula is C30H41N3O2. The second-order valence-electron chi connectivity index (χ2n) is 9.90. The van der Waals surface area contributed by atoms with E-state index in [2.05, 4.69) is 29.7 Å². The number of para-hydroxylation sites is 2. The second-order valence-corrected chi connectivity index (χ2v) is 9.90. The maximum atomic E-state index is 13.0. The first-order valence-corrected chi connectivity index (χ1v) is 13.6. The lowest BCUT2D eigenvalue weighted by molar-refractivity contribution is -0.117. The van der Waals surface area contributed by atoms with Crippen LogP contribution in [0.3, 0.4) is 0 Å². The average molecular weight is 476 g/mol. The minimum atomic E-state index is 0.101. The topological polar surface area (TPSA) is 47.4 Å². The third-order valence-electron chi connectivity index (χ3n) is 7.27. The van der Waals surface area contributed by atoms with Crippen LogP contribution in [0.4, 0.5) is 5.69 Å². The molecule has 188 valence electrons. The van der Waals surface area contributed by atoms with Gasteiger partial charge in [0.05, 0.1) is 18.1 Å². The van der Waals surface area contributed by atoms with Gasteiger partial charge < -0.3 is 14.2 Å². The Morgan fingerprint density at radius 1 is 0.914 bits per heavy atom. The third kappa shape index (κ3) is 6.45. The summed E-state index contributed by atoms with van der Waals surface area (Å²) in [6.45, 7) is 3.90. The summed E-state index contributed by atoms with van der Waals surface area (Å²) in [6, 6.07) is 16.2. The molecule has 0 bridgehead atoms. The molecular weight excluding hydrogens is 434 g/mol. The van der Waals surface area contributed by atoms with Crippen molar-refractivity contribution < 1.29 is 9.53 Å². The predicted octanol–water partition coefficient (Wildman–Crippen LogP) is 7.49. The lowest BCUT2D eigenvalue weighted by atomic mass is 10.1. The van der Waals surface area contributed by atoms with E-state index in [1.165, 1.54) is 63.3 Å². The van der Waals surface area contributed by atoms with E-state index in [-0.39, 0.29) is 11.8 Å². The van der Waals surface area contributed by atoms with Gasteiger partial charge in [-0.2, -0.15) is 0 Å². The van der Waals surface area contributed by atoms with Gasteiger partial charge in [0, 0.05) is 37.2 Å². The van der Waals surface area contributed by atoms with Gasteiger partial charge in [0.1, 0.15) is 11.6 Å². The Labute approximate surface area is 210 Å². The number of amides is 1. The number of carbonyl (C=O) groups excluding carboxylic acids is 1. The highest BCUT2D eigenvalue weighted by Crippen LogP contribution is 2.34. The summed E-state index contributed by atoms with van der Waals surface area (Å²) < 4.78 is 7.75. The summed E-state index contributed by atoms with van der Waals surface area (Å²) >= 11 is 0. The summed E-state index contributed by atoms with van der Waals surface area (Å²) in [5, 5.41) is 0. The first kappa shape index (κ1) is 25.3. The van der Waals surface area contributed by atoms with E-state index < -0.39 is 0 Å². The number of nitrogens with zero attached hydrogens (tertiary/aromatic N) is 3. The molecule has 1 aliphatic heterocycles. The molecule has 5 heteroatoms. The zero-order valence-electron chi connectivity index (χ0n) is 21.5. The van der Waals surface area contributed by atoms with Gasteiger partial charge in [-0.05, 0) is 30.7 Å². The Kier molecular flexibility index (Phi) is 9.21. The first-order chi connectivity index (χ1) is 17.2. The summed E-state index contributed by atoms with van der Waals surface area (Å²) in [5.74, 6) is 2.08. The van der Waals surface area contributed by atoms with Crippen molar-refractivity contribution in [3.05, 3.63) is 54.4 Å². The molecule has 1 aliphatic rings. The molecule has 3 aromatic rings. The van der Waals surface area contributed by atoms with Crippen LogP contribution < -0.4 is 9.64 Å². The monoisotopic (exact) mass is 475 g/mol. The fourth-order valence-electron chi connectivity index (χ4n) is 5.31. The summed E-state index contributed by atoms with van der Waals surface area (Å²) in [4.78, 5) is 19.9. The highest BCUT2D eigenvalue weighted by molar-refractivity contribution is 5.96. The number of aryl methyl sites for hydroxylation is 1. The van der Waals surface area contributed by atoms with Gasteiger partial charge in [0.2, 0.25) is 5.91 Å². The number of benzene rings is 2. The predicted molar refractivity (Wildman–Crippen MR) is 144 cm³/mol. The van der Waals surface area contributed by atoms with Crippen molar-refractivity contribution in [3.63, 3.8) is 0 Å². The minimum absolute atomic E-state index is 0.101. The van der Waals surface area contributed by atoms with Crippen molar-refractivity contribution in [2.45, 2.75) is 90.0 Å². The van der Waals surface area contributed by atoms with Crippen molar-refractivity contribution in [2.75, 3.05) is 18.6 Å². The number of aromatic nitrogens is 2. The molecule has 0 unspecified atom stereocenters. The number of carbonyl (C=O) groups is 1. The number of fused-ring (bicyclic) bond motifs is 1. The Morgan fingerprint density at radius 3 is 2.37 bits per heavy atom. The smallest absolute Gasteiger partial charge is 0.227 e. The van der Waals surface area contributed by atoms with Crippen LogP contribution in [0.25, 0.3) is 11.0 Å². The van der Waals surface area contributed by atoms with Gasteiger partial charge in [-0.15, -0.1) is 0 Å². The van der Waals surface area contributed by atoms with Crippen molar-refractivity contribution >= 4 is 22.6 Å². The summed E-state index contributed by atoms with van der Waals surface area (Å²) in [5.41, 5.74) is 3.11. The zero-order chi connectivity index (χ0) is 24.5. The lowest BCUT2D eigenvalue weighted by Crippen LogP contribution is -2.24. The first-order valence-electron chi connectivity index (χ1n) is 13.6. The van der Waals surface area contributed by atoms with Crippen LogP contribution in [0.5, 0.6) is 5.75 Å². The standard InChI is InChI=1S/C30H41N3O2/c1-3-4-5-6-7-8-9-10-11-14-20-32-28-19-13-12-18-27(28)31-30(32)24-21-29(34)33(23-24)25-16-15-17-26(22-25)35-2/h12-13,15-19,22,24H,3-11,14,20-21,23H2,1-2H3/t24-/m0/s1. The largest absolute Gasteiger partial charge is 0.497 e. The molecule has 0 spiro atoms. The van der Waals surface area contributed by atoms with E-state index in [1.807, 2.05) is 35.2 Å². The fraction of sp³-hybridized carbons (Fsp3) is 0.533. The number of hydrogen-bond acceptors (Lipinski definition) is 3. The second kappa shape index (κ2) is 12.8. The van der Waals surface area contributed by atoms with Crippen LogP contribution in [-0.2, 0) is 11.3 Å². The van der Waals surface area contributed by atoms with Gasteiger partial charge >= 0.3 is 0 Å². The number of rotatable bonds is 14. The SMILES string of the molecule is CCCCCCCCCCCCn1c([C@H]2CC(=O)N(c3cccc(OC)c3)C2)nc2ccccc21. The molecule has 1 amide bonds. The average Bonchev–Trinajstić information content (AvgIpc) is 3.45. The molecule has 1 atom stereocenters. The van der Waals surface area contributed by atoms with Crippen LogP contribution >= 0.6 is 0 Å². The zero-order valence-corrected chi connectivity index (χ0v) is 21.5. The summed E-state index contributed by atoms with van der Waals surface area (Å²) in [7, 11) is 1.66. The normalized spacial score (nSPS) is 15.9. The van der Waals surface area contributed by atoms with Gasteiger partial charge in [0.15, 0.2) is 0 Å². The molecule has 4 rings (SSSR count). The molecule has 1 aromatic heterocycles. The molecule has 5 nitrogen and oxygen atoms in total. The summed E-state index contributed by atoms with van der Waals surface area (Å²) in [6.07, 6.45) is 13.8. The Balaban J connectivity index is 1.37. The molecule has 0 N–H and O–H groups in total. The van der Waals surface area contributed by atoms with E-state index in [0.717, 1.165) is 35.7 Å². The Morgan fingerprint density at radius 2 is 1.63 bits per heavy atom. The van der Waals surface area contributed by atoms with Crippen LogP contribution in [0.1, 0.15) is 89.3 Å². The molecule has 1 fully saturated rings. The molecule has 35 heavy (non-hydrogen) atoms. The number of ether oxygens (including phenoxy) is 1. The van der Waals surface area contributed by atoms with Crippen LogP contribution in [0.15, 0.2) is 48.5 Å². The van der Waals surface area contributed by atoms with E-state index in [1.54, 1.807) is 7.11 Å². The maximum absolute atomic E-state index is 13.0. The number of methoxy groups -OCH3 is 1. The highest BCUT2D eigenvalue weighted by atomic mass is 16.5. The van der Waals surface area contributed by atoms with Crippen molar-refractivity contribution in [3.8, 4) is 5.75 Å². The van der Waals surface area contributed by atoms with Gasteiger partial charge in [-0.3, -0.25) is 4.79 Å². The molecule has 2 heterocycles. The van der Waals surface area contributed by atoms with Crippen molar-refractivity contribution in [1.82, 2.24) is 9.55 Å². The van der Waals surface area contributed by atoms with E-state index >= 15 is 0 Å². The number of hydrogen-bond donors (Lipinski definition) is 0. The lowest BCUT2D eigenvalue weighted by Gasteiger charge is -2.18. The van der Waals surface area contributed by atoms with Crippen molar-refractivity contribution in [1.29, 1.82) is 0 Å². The highest BCUT2D eigenvalue weighted by Gasteiger charge is 2.34. The van der Waals surface area contributed by atoms with Crippen LogP contribution in [0, 0.1) is 0 Å². The Bertz CT molecular complexity index is 1090. The molecule has 0 aliphatic carbocycles. The van der Waals surface area contributed by atoms with E-state index in [4.69, 9.17) is 9.72 Å². The van der Waals surface area contributed by atoms with E-state index in [9.17, 15) is 4.79 Å². The molecule has 1 saturated heterocycles. The number of imidazole rings is 1. The minimum Gasteiger partial charge on any atom is -0.497 e. The van der Waals surface area contributed by atoms with E-state index in [0.29, 0.717) is 13.0 Å². The third-order valence-corrected chi connectivity index (χ3v) is 7.27. The number of anilines is 1. The quantitative estimate of drug-likeness (QED) is 0.227. The molecule has 0 saturated carbocycles.